The summed E-state index contributed by atoms with van der Waals surface area (Å²) in [5.41, 5.74) is 7.55. The van der Waals surface area contributed by atoms with Gasteiger partial charge in [0.2, 0.25) is 5.91 Å². The van der Waals surface area contributed by atoms with Gasteiger partial charge in [-0.2, -0.15) is 0 Å². The van der Waals surface area contributed by atoms with Crippen LogP contribution in [0.3, 0.4) is 0 Å². The molecule has 1 saturated heterocycles. The van der Waals surface area contributed by atoms with Gasteiger partial charge in [-0.25, -0.2) is 4.98 Å². The molecule has 1 aliphatic heterocycles. The molecule has 4 nitrogen and oxygen atoms in total. The van der Waals surface area contributed by atoms with Crippen LogP contribution in [0.15, 0.2) is 16.7 Å². The van der Waals surface area contributed by atoms with Gasteiger partial charge in [-0.3, -0.25) is 10.1 Å². The maximum atomic E-state index is 11.4. The van der Waals surface area contributed by atoms with Crippen molar-refractivity contribution < 1.29 is 4.79 Å². The SMILES string of the molecule is Cc1ccc(Br)nc1C12CC1(C)CC(C(N)=O)N2. The smallest absolute Gasteiger partial charge is 0.234 e. The molecule has 1 saturated carbocycles. The number of rotatable bonds is 2. The highest BCUT2D eigenvalue weighted by Crippen LogP contribution is 2.68. The minimum absolute atomic E-state index is 0.102. The van der Waals surface area contributed by atoms with E-state index in [0.29, 0.717) is 0 Å². The van der Waals surface area contributed by atoms with Crippen molar-refractivity contribution in [3.63, 3.8) is 0 Å². The highest BCUT2D eigenvalue weighted by molar-refractivity contribution is 9.10. The minimum atomic E-state index is -0.268. The molecule has 96 valence electrons. The molecule has 18 heavy (non-hydrogen) atoms. The Morgan fingerprint density at radius 3 is 2.94 bits per heavy atom. The Morgan fingerprint density at radius 2 is 2.33 bits per heavy atom. The van der Waals surface area contributed by atoms with Gasteiger partial charge in [-0.05, 0) is 52.7 Å². The van der Waals surface area contributed by atoms with E-state index in [4.69, 9.17) is 5.73 Å². The number of hydrogen-bond donors (Lipinski definition) is 2. The average Bonchev–Trinajstić information content (AvgIpc) is 2.76. The van der Waals surface area contributed by atoms with E-state index in [2.05, 4.69) is 46.1 Å². The molecule has 0 aromatic carbocycles. The summed E-state index contributed by atoms with van der Waals surface area (Å²) >= 11 is 3.42. The number of hydrogen-bond acceptors (Lipinski definition) is 3. The Kier molecular flexibility index (Phi) is 2.38. The molecule has 3 atom stereocenters. The van der Waals surface area contributed by atoms with Crippen molar-refractivity contribution in [2.45, 2.75) is 38.3 Å². The summed E-state index contributed by atoms with van der Waals surface area (Å²) in [6, 6.07) is 3.76. The van der Waals surface area contributed by atoms with Crippen LogP contribution in [-0.2, 0) is 10.3 Å². The van der Waals surface area contributed by atoms with E-state index in [-0.39, 0.29) is 22.9 Å². The van der Waals surface area contributed by atoms with Gasteiger partial charge in [0, 0.05) is 0 Å². The predicted molar refractivity (Wildman–Crippen MR) is 71.8 cm³/mol. The fourth-order valence-corrected chi connectivity index (χ4v) is 3.67. The van der Waals surface area contributed by atoms with E-state index in [9.17, 15) is 4.79 Å². The first-order valence-corrected chi connectivity index (χ1v) is 6.88. The monoisotopic (exact) mass is 309 g/mol. The third-order valence-electron chi connectivity index (χ3n) is 4.45. The number of primary amides is 1. The lowest BCUT2D eigenvalue weighted by Crippen LogP contribution is -2.42. The van der Waals surface area contributed by atoms with Crippen LogP contribution in [0, 0.1) is 12.3 Å². The van der Waals surface area contributed by atoms with Gasteiger partial charge < -0.3 is 5.73 Å². The van der Waals surface area contributed by atoms with Gasteiger partial charge in [0.05, 0.1) is 17.3 Å². The van der Waals surface area contributed by atoms with Gasteiger partial charge in [0.15, 0.2) is 0 Å². The van der Waals surface area contributed by atoms with E-state index in [1.165, 1.54) is 0 Å². The second kappa shape index (κ2) is 3.54. The van der Waals surface area contributed by atoms with Crippen molar-refractivity contribution in [1.29, 1.82) is 0 Å². The summed E-state index contributed by atoms with van der Waals surface area (Å²) in [6.45, 7) is 4.26. The van der Waals surface area contributed by atoms with Gasteiger partial charge in [0.25, 0.3) is 0 Å². The van der Waals surface area contributed by atoms with Crippen LogP contribution in [0.2, 0.25) is 0 Å². The first-order chi connectivity index (χ1) is 8.38. The average molecular weight is 310 g/mol. The van der Waals surface area contributed by atoms with Crippen LogP contribution in [0.4, 0.5) is 0 Å². The third-order valence-corrected chi connectivity index (χ3v) is 4.89. The summed E-state index contributed by atoms with van der Waals surface area (Å²) < 4.78 is 0.830. The Labute approximate surface area is 114 Å². The molecule has 2 heterocycles. The molecule has 1 aromatic rings. The molecule has 1 aromatic heterocycles. The number of carbonyl (C=O) groups excluding carboxylic acids is 1. The van der Waals surface area contributed by atoms with Crippen molar-refractivity contribution in [3.8, 4) is 0 Å². The number of fused-ring (bicyclic) bond motifs is 1. The molecule has 3 N–H and O–H groups in total. The Morgan fingerprint density at radius 1 is 1.61 bits per heavy atom. The molecule has 1 aliphatic carbocycles. The number of aryl methyl sites for hydroxylation is 1. The molecule has 3 unspecified atom stereocenters. The van der Waals surface area contributed by atoms with E-state index >= 15 is 0 Å². The Bertz CT molecular complexity index is 547. The Balaban J connectivity index is 2.03. The molecule has 3 rings (SSSR count). The van der Waals surface area contributed by atoms with Crippen LogP contribution < -0.4 is 11.1 Å². The van der Waals surface area contributed by atoms with Gasteiger partial charge in [-0.15, -0.1) is 0 Å². The highest BCUT2D eigenvalue weighted by Gasteiger charge is 2.72. The number of nitrogens with zero attached hydrogens (tertiary/aromatic N) is 1. The highest BCUT2D eigenvalue weighted by atomic mass is 79.9. The van der Waals surface area contributed by atoms with Crippen LogP contribution in [0.5, 0.6) is 0 Å². The van der Waals surface area contributed by atoms with Crippen LogP contribution >= 0.6 is 15.9 Å². The van der Waals surface area contributed by atoms with E-state index in [1.54, 1.807) is 0 Å². The summed E-state index contributed by atoms with van der Waals surface area (Å²) in [5, 5.41) is 3.41. The number of aromatic nitrogens is 1. The normalized spacial score (nSPS) is 37.4. The summed E-state index contributed by atoms with van der Waals surface area (Å²) in [6.07, 6.45) is 1.82. The molecule has 0 spiro atoms. The summed E-state index contributed by atoms with van der Waals surface area (Å²) in [7, 11) is 0. The number of nitrogens with two attached hydrogens (primary N) is 1. The van der Waals surface area contributed by atoms with E-state index in [1.807, 2.05) is 6.07 Å². The molecule has 0 bridgehead atoms. The lowest BCUT2D eigenvalue weighted by atomic mass is 9.96. The number of pyridine rings is 1. The van der Waals surface area contributed by atoms with Crippen LogP contribution in [-0.4, -0.2) is 16.9 Å². The van der Waals surface area contributed by atoms with Crippen molar-refractivity contribution in [2.24, 2.45) is 11.1 Å². The largest absolute Gasteiger partial charge is 0.368 e. The molecular formula is C13H16BrN3O. The fourth-order valence-electron chi connectivity index (χ4n) is 3.36. The number of piperidine rings is 1. The Hall–Kier alpha value is -0.940. The van der Waals surface area contributed by atoms with Gasteiger partial charge in [0.1, 0.15) is 4.60 Å². The van der Waals surface area contributed by atoms with Gasteiger partial charge >= 0.3 is 0 Å². The van der Waals surface area contributed by atoms with E-state index < -0.39 is 0 Å². The third kappa shape index (κ3) is 1.47. The van der Waals surface area contributed by atoms with E-state index in [0.717, 1.165) is 28.7 Å². The van der Waals surface area contributed by atoms with Crippen LogP contribution in [0.25, 0.3) is 0 Å². The number of halogens is 1. The first-order valence-electron chi connectivity index (χ1n) is 6.09. The second-order valence-electron chi connectivity index (χ2n) is 5.75. The predicted octanol–water partition coefficient (Wildman–Crippen LogP) is 1.61. The zero-order chi connectivity index (χ0) is 13.1. The molecule has 0 radical (unpaired) electrons. The van der Waals surface area contributed by atoms with Gasteiger partial charge in [-0.1, -0.05) is 13.0 Å². The van der Waals surface area contributed by atoms with Crippen molar-refractivity contribution in [2.75, 3.05) is 0 Å². The minimum Gasteiger partial charge on any atom is -0.368 e. The molecule has 1 amide bonds. The standard InChI is InChI=1S/C13H16BrN3O/c1-7-3-4-9(14)16-10(7)13-6-12(13,2)5-8(17-13)11(15)18/h3-4,8,17H,5-6H2,1-2H3,(H2,15,18). The molecular weight excluding hydrogens is 294 g/mol. The first kappa shape index (κ1) is 12.1. The fraction of sp³-hybridized carbons (Fsp3) is 0.538. The summed E-state index contributed by atoms with van der Waals surface area (Å²) in [5.74, 6) is -0.268. The topological polar surface area (TPSA) is 68.0 Å². The lowest BCUT2D eigenvalue weighted by molar-refractivity contribution is -0.120. The maximum absolute atomic E-state index is 11.4. The zero-order valence-corrected chi connectivity index (χ0v) is 12.0. The van der Waals surface area contributed by atoms with Crippen molar-refractivity contribution >= 4 is 21.8 Å². The molecule has 2 fully saturated rings. The quantitative estimate of drug-likeness (QED) is 0.816. The number of carbonyl (C=O) groups is 1. The lowest BCUT2D eigenvalue weighted by Gasteiger charge is -2.19. The maximum Gasteiger partial charge on any atom is 0.234 e. The van der Waals surface area contributed by atoms with Crippen molar-refractivity contribution in [1.82, 2.24) is 10.3 Å². The second-order valence-corrected chi connectivity index (χ2v) is 6.56. The number of amides is 1. The number of nitrogens with one attached hydrogen (secondary N) is 1. The van der Waals surface area contributed by atoms with Crippen molar-refractivity contribution in [3.05, 3.63) is 28.0 Å². The summed E-state index contributed by atoms with van der Waals surface area (Å²) in [4.78, 5) is 16.0. The zero-order valence-electron chi connectivity index (χ0n) is 10.5. The van der Waals surface area contributed by atoms with Crippen LogP contribution in [0.1, 0.15) is 31.0 Å². The molecule has 5 heteroatoms. The molecule has 2 aliphatic rings.